The second-order valence-corrected chi connectivity index (χ2v) is 3.90. The molecule has 0 bridgehead atoms. The van der Waals surface area contributed by atoms with E-state index in [2.05, 4.69) is 10.3 Å². The van der Waals surface area contributed by atoms with Crippen molar-refractivity contribution in [3.63, 3.8) is 0 Å². The molecule has 1 heterocycles. The summed E-state index contributed by atoms with van der Waals surface area (Å²) in [6, 6.07) is 3.57. The number of aromatic nitrogens is 1. The van der Waals surface area contributed by atoms with E-state index < -0.39 is 0 Å². The Morgan fingerprint density at radius 2 is 2.36 bits per heavy atom. The fourth-order valence-electron chi connectivity index (χ4n) is 1.34. The first kappa shape index (κ1) is 9.46. The Morgan fingerprint density at radius 1 is 1.57 bits per heavy atom. The summed E-state index contributed by atoms with van der Waals surface area (Å²) in [4.78, 5) is 15.5. The molecule has 0 atom stereocenters. The van der Waals surface area contributed by atoms with Crippen molar-refractivity contribution in [3.05, 3.63) is 29.0 Å². The molecule has 74 valence electrons. The van der Waals surface area contributed by atoms with Gasteiger partial charge in [-0.05, 0) is 31.4 Å². The van der Waals surface area contributed by atoms with Crippen molar-refractivity contribution in [2.24, 2.45) is 0 Å². The molecule has 1 saturated carbocycles. The number of hydrogen-bond donors (Lipinski definition) is 1. The average molecular weight is 211 g/mol. The predicted octanol–water partition coefficient (Wildman–Crippen LogP) is 2.02. The molecule has 3 nitrogen and oxygen atoms in total. The zero-order valence-electron chi connectivity index (χ0n) is 7.66. The van der Waals surface area contributed by atoms with Gasteiger partial charge in [0.15, 0.2) is 0 Å². The van der Waals surface area contributed by atoms with Gasteiger partial charge in [0.1, 0.15) is 5.69 Å². The van der Waals surface area contributed by atoms with Gasteiger partial charge in [-0.2, -0.15) is 0 Å². The van der Waals surface area contributed by atoms with Crippen molar-refractivity contribution in [2.45, 2.75) is 25.3 Å². The van der Waals surface area contributed by atoms with Gasteiger partial charge < -0.3 is 5.32 Å². The highest BCUT2D eigenvalue weighted by molar-refractivity contribution is 6.30. The van der Waals surface area contributed by atoms with Crippen LogP contribution in [0, 0.1) is 0 Å². The number of amides is 1. The highest BCUT2D eigenvalue weighted by Gasteiger charge is 2.20. The van der Waals surface area contributed by atoms with Gasteiger partial charge in [-0.25, -0.2) is 0 Å². The summed E-state index contributed by atoms with van der Waals surface area (Å²) >= 11 is 5.75. The van der Waals surface area contributed by atoms with Gasteiger partial charge in [-0.3, -0.25) is 9.78 Å². The minimum atomic E-state index is -0.128. The van der Waals surface area contributed by atoms with Crippen LogP contribution in [-0.2, 0) is 0 Å². The van der Waals surface area contributed by atoms with E-state index in [1.807, 2.05) is 0 Å². The quantitative estimate of drug-likeness (QED) is 0.812. The molecule has 1 aliphatic rings. The normalized spacial score (nSPS) is 16.1. The molecule has 14 heavy (non-hydrogen) atoms. The summed E-state index contributed by atoms with van der Waals surface area (Å²) in [5.41, 5.74) is 0.393. The fraction of sp³-hybridized carbons (Fsp3) is 0.400. The van der Waals surface area contributed by atoms with Crippen LogP contribution in [0.4, 0.5) is 0 Å². The molecule has 0 radical (unpaired) electrons. The Morgan fingerprint density at radius 3 is 2.93 bits per heavy atom. The lowest BCUT2D eigenvalue weighted by atomic mass is 9.93. The second-order valence-electron chi connectivity index (χ2n) is 3.46. The first-order valence-corrected chi connectivity index (χ1v) is 5.06. The number of nitrogens with one attached hydrogen (secondary N) is 1. The molecule has 1 amide bonds. The van der Waals surface area contributed by atoms with Crippen LogP contribution in [0.2, 0.25) is 5.02 Å². The molecule has 1 aliphatic carbocycles. The summed E-state index contributed by atoms with van der Waals surface area (Å²) in [5, 5.41) is 3.44. The molecule has 0 aliphatic heterocycles. The molecular weight excluding hydrogens is 200 g/mol. The average Bonchev–Trinajstić information content (AvgIpc) is 2.11. The molecule has 0 spiro atoms. The second kappa shape index (κ2) is 3.96. The maximum Gasteiger partial charge on any atom is 0.270 e. The number of hydrogen-bond acceptors (Lipinski definition) is 2. The fourth-order valence-corrected chi connectivity index (χ4v) is 1.50. The van der Waals surface area contributed by atoms with E-state index in [0.717, 1.165) is 12.8 Å². The van der Waals surface area contributed by atoms with E-state index in [4.69, 9.17) is 11.6 Å². The van der Waals surface area contributed by atoms with E-state index >= 15 is 0 Å². The third-order valence-electron chi connectivity index (χ3n) is 2.40. The lowest BCUT2D eigenvalue weighted by molar-refractivity contribution is 0.0912. The van der Waals surface area contributed by atoms with Crippen molar-refractivity contribution >= 4 is 17.5 Å². The Hall–Kier alpha value is -1.09. The minimum Gasteiger partial charge on any atom is -0.348 e. The van der Waals surface area contributed by atoms with Gasteiger partial charge in [0.05, 0.1) is 0 Å². The molecule has 0 unspecified atom stereocenters. The summed E-state index contributed by atoms with van der Waals surface area (Å²) in [5.74, 6) is -0.128. The number of carbonyl (C=O) groups excluding carboxylic acids is 1. The molecule has 2 rings (SSSR count). The van der Waals surface area contributed by atoms with E-state index in [-0.39, 0.29) is 5.91 Å². The molecule has 0 saturated heterocycles. The lowest BCUT2D eigenvalue weighted by Crippen LogP contribution is -2.39. The number of pyridine rings is 1. The maximum absolute atomic E-state index is 11.6. The molecule has 1 N–H and O–H groups in total. The van der Waals surface area contributed by atoms with Crippen LogP contribution in [0.25, 0.3) is 0 Å². The Balaban J connectivity index is 2.02. The first-order chi connectivity index (χ1) is 6.75. The Labute approximate surface area is 87.5 Å². The summed E-state index contributed by atoms with van der Waals surface area (Å²) < 4.78 is 0. The number of carbonyl (C=O) groups is 1. The van der Waals surface area contributed by atoms with Crippen LogP contribution in [-0.4, -0.2) is 16.9 Å². The molecular formula is C10H11ClN2O. The molecule has 4 heteroatoms. The van der Waals surface area contributed by atoms with Gasteiger partial charge in [-0.15, -0.1) is 0 Å². The largest absolute Gasteiger partial charge is 0.348 e. The van der Waals surface area contributed by atoms with Crippen molar-refractivity contribution in [1.82, 2.24) is 10.3 Å². The van der Waals surface area contributed by atoms with Crippen molar-refractivity contribution in [3.8, 4) is 0 Å². The van der Waals surface area contributed by atoms with Gasteiger partial charge in [0.2, 0.25) is 0 Å². The third kappa shape index (κ3) is 2.04. The van der Waals surface area contributed by atoms with E-state index in [0.29, 0.717) is 16.8 Å². The summed E-state index contributed by atoms with van der Waals surface area (Å²) in [6.07, 6.45) is 4.89. The number of nitrogens with zero attached hydrogens (tertiary/aromatic N) is 1. The molecule has 1 aromatic rings. The maximum atomic E-state index is 11.6. The van der Waals surface area contributed by atoms with Crippen molar-refractivity contribution in [2.75, 3.05) is 0 Å². The first-order valence-electron chi connectivity index (χ1n) is 4.68. The standard InChI is InChI=1S/C10H11ClN2O/c11-7-4-5-12-9(6-7)10(14)13-8-2-1-3-8/h4-6,8H,1-3H2,(H,13,14). The van der Waals surface area contributed by atoms with Crippen LogP contribution >= 0.6 is 11.6 Å². The van der Waals surface area contributed by atoms with E-state index in [9.17, 15) is 4.79 Å². The van der Waals surface area contributed by atoms with Gasteiger partial charge in [-0.1, -0.05) is 11.6 Å². The van der Waals surface area contributed by atoms with Crippen molar-refractivity contribution < 1.29 is 4.79 Å². The molecule has 1 aromatic heterocycles. The van der Waals surface area contributed by atoms with E-state index in [1.54, 1.807) is 12.1 Å². The Kier molecular flexibility index (Phi) is 2.68. The van der Waals surface area contributed by atoms with Crippen molar-refractivity contribution in [1.29, 1.82) is 0 Å². The van der Waals surface area contributed by atoms with Gasteiger partial charge in [0, 0.05) is 17.3 Å². The zero-order valence-corrected chi connectivity index (χ0v) is 8.42. The molecule has 0 aromatic carbocycles. The van der Waals surface area contributed by atoms with Crippen LogP contribution in [0.5, 0.6) is 0 Å². The van der Waals surface area contributed by atoms with Gasteiger partial charge >= 0.3 is 0 Å². The highest BCUT2D eigenvalue weighted by atomic mass is 35.5. The Bertz CT molecular complexity index is 350. The lowest BCUT2D eigenvalue weighted by Gasteiger charge is -2.26. The summed E-state index contributed by atoms with van der Waals surface area (Å²) in [7, 11) is 0. The van der Waals surface area contributed by atoms with Crippen LogP contribution in [0.3, 0.4) is 0 Å². The predicted molar refractivity (Wildman–Crippen MR) is 54.4 cm³/mol. The third-order valence-corrected chi connectivity index (χ3v) is 2.63. The van der Waals surface area contributed by atoms with Crippen LogP contribution in [0.15, 0.2) is 18.3 Å². The highest BCUT2D eigenvalue weighted by Crippen LogP contribution is 2.18. The SMILES string of the molecule is O=C(NC1CCC1)c1cc(Cl)ccn1. The van der Waals surface area contributed by atoms with Gasteiger partial charge in [0.25, 0.3) is 5.91 Å². The number of rotatable bonds is 2. The molecule has 1 fully saturated rings. The summed E-state index contributed by atoms with van der Waals surface area (Å²) in [6.45, 7) is 0. The minimum absolute atomic E-state index is 0.128. The monoisotopic (exact) mass is 210 g/mol. The topological polar surface area (TPSA) is 42.0 Å². The van der Waals surface area contributed by atoms with Crippen LogP contribution < -0.4 is 5.32 Å². The smallest absolute Gasteiger partial charge is 0.270 e. The van der Waals surface area contributed by atoms with E-state index in [1.165, 1.54) is 12.6 Å². The zero-order chi connectivity index (χ0) is 9.97. The number of halogens is 1. The van der Waals surface area contributed by atoms with Crippen LogP contribution in [0.1, 0.15) is 29.8 Å².